The minimum atomic E-state index is -4.33. The van der Waals surface area contributed by atoms with Crippen LogP contribution in [0.4, 0.5) is 18.9 Å². The summed E-state index contributed by atoms with van der Waals surface area (Å²) in [6.45, 7) is 5.88. The second kappa shape index (κ2) is 10.1. The molecule has 1 aromatic heterocycles. The van der Waals surface area contributed by atoms with Crippen LogP contribution < -0.4 is 10.2 Å². The van der Waals surface area contributed by atoms with E-state index in [4.69, 9.17) is 0 Å². The quantitative estimate of drug-likeness (QED) is 0.380. The van der Waals surface area contributed by atoms with Crippen LogP contribution in [0.15, 0.2) is 35.6 Å². The molecule has 0 radical (unpaired) electrons. The molecule has 29 heavy (non-hydrogen) atoms. The molecule has 1 aromatic carbocycles. The number of aromatic nitrogens is 3. The Morgan fingerprint density at radius 2 is 1.93 bits per heavy atom. The molecular weight excluding hydrogens is 498 g/mol. The highest BCUT2D eigenvalue weighted by Gasteiger charge is 2.31. The molecule has 2 aromatic rings. The van der Waals surface area contributed by atoms with E-state index in [2.05, 4.69) is 25.4 Å². The molecule has 0 saturated carbocycles. The van der Waals surface area contributed by atoms with Gasteiger partial charge in [0.2, 0.25) is 0 Å². The van der Waals surface area contributed by atoms with Gasteiger partial charge in [0.25, 0.3) is 0 Å². The maximum Gasteiger partial charge on any atom is 0.416 e. The van der Waals surface area contributed by atoms with Gasteiger partial charge >= 0.3 is 6.18 Å². The Morgan fingerprint density at radius 1 is 1.21 bits per heavy atom. The number of anilines is 1. The number of guanidine groups is 1. The molecule has 1 saturated heterocycles. The van der Waals surface area contributed by atoms with Crippen molar-refractivity contribution in [3.05, 3.63) is 42.0 Å². The highest BCUT2D eigenvalue weighted by molar-refractivity contribution is 14.0. The van der Waals surface area contributed by atoms with Gasteiger partial charge in [-0.15, -0.1) is 34.2 Å². The number of hydrogen-bond acceptors (Lipinski definition) is 4. The SMILES string of the molecule is CCn1cnnc1CNC(=NC)N1CCN(c2cccc(C(F)(F)F)c2)CC1.I. The molecule has 0 amide bonds. The van der Waals surface area contributed by atoms with Crippen molar-refractivity contribution in [3.63, 3.8) is 0 Å². The van der Waals surface area contributed by atoms with E-state index < -0.39 is 11.7 Å². The number of piperazine rings is 1. The molecule has 1 N–H and O–H groups in total. The normalized spacial score (nSPS) is 15.3. The third-order valence-electron chi connectivity index (χ3n) is 4.77. The van der Waals surface area contributed by atoms with Gasteiger partial charge in [-0.1, -0.05) is 6.07 Å². The molecule has 7 nitrogen and oxygen atoms in total. The van der Waals surface area contributed by atoms with Gasteiger partial charge in [-0.05, 0) is 25.1 Å². The fourth-order valence-corrected chi connectivity index (χ4v) is 3.23. The van der Waals surface area contributed by atoms with Crippen LogP contribution in [0.5, 0.6) is 0 Å². The van der Waals surface area contributed by atoms with E-state index >= 15 is 0 Å². The van der Waals surface area contributed by atoms with E-state index in [1.54, 1.807) is 19.4 Å². The molecule has 1 aliphatic heterocycles. The largest absolute Gasteiger partial charge is 0.416 e. The molecule has 11 heteroatoms. The van der Waals surface area contributed by atoms with Gasteiger partial charge in [0.05, 0.1) is 12.1 Å². The summed E-state index contributed by atoms with van der Waals surface area (Å²) in [6.07, 6.45) is -2.64. The van der Waals surface area contributed by atoms with Gasteiger partial charge in [0, 0.05) is 45.5 Å². The van der Waals surface area contributed by atoms with Crippen molar-refractivity contribution >= 4 is 35.6 Å². The fourth-order valence-electron chi connectivity index (χ4n) is 3.23. The predicted octanol–water partition coefficient (Wildman–Crippen LogP) is 2.83. The summed E-state index contributed by atoms with van der Waals surface area (Å²) >= 11 is 0. The monoisotopic (exact) mass is 523 g/mol. The van der Waals surface area contributed by atoms with Gasteiger partial charge in [0.15, 0.2) is 11.8 Å². The number of aliphatic imine (C=N–C) groups is 1. The summed E-state index contributed by atoms with van der Waals surface area (Å²) in [7, 11) is 1.71. The molecule has 0 aliphatic carbocycles. The lowest BCUT2D eigenvalue weighted by molar-refractivity contribution is -0.137. The molecule has 0 atom stereocenters. The Balaban J connectivity index is 0.00000300. The Labute approximate surface area is 185 Å². The molecule has 0 unspecified atom stereocenters. The number of hydrogen-bond donors (Lipinski definition) is 1. The summed E-state index contributed by atoms with van der Waals surface area (Å²) in [6, 6.07) is 5.48. The van der Waals surface area contributed by atoms with Crippen LogP contribution >= 0.6 is 24.0 Å². The third-order valence-corrected chi connectivity index (χ3v) is 4.77. The first kappa shape index (κ1) is 23.2. The fraction of sp³-hybridized carbons (Fsp3) is 0.500. The van der Waals surface area contributed by atoms with Crippen LogP contribution in [0.25, 0.3) is 0 Å². The van der Waals surface area contributed by atoms with Crippen molar-refractivity contribution in [1.82, 2.24) is 25.0 Å². The number of rotatable bonds is 4. The Hall–Kier alpha value is -2.05. The summed E-state index contributed by atoms with van der Waals surface area (Å²) < 4.78 is 40.8. The van der Waals surface area contributed by atoms with E-state index in [1.807, 2.05) is 16.4 Å². The molecule has 0 bridgehead atoms. The third kappa shape index (κ3) is 5.73. The molecule has 1 fully saturated rings. The van der Waals surface area contributed by atoms with Crippen molar-refractivity contribution in [2.75, 3.05) is 38.1 Å². The molecule has 1 aliphatic rings. The lowest BCUT2D eigenvalue weighted by atomic mass is 10.1. The topological polar surface area (TPSA) is 61.6 Å². The molecular formula is C18H25F3IN7. The lowest BCUT2D eigenvalue weighted by Crippen LogP contribution is -2.52. The minimum Gasteiger partial charge on any atom is -0.368 e. The number of benzene rings is 1. The lowest BCUT2D eigenvalue weighted by Gasteiger charge is -2.37. The van der Waals surface area contributed by atoms with E-state index in [-0.39, 0.29) is 24.0 Å². The Morgan fingerprint density at radius 3 is 2.55 bits per heavy atom. The maximum atomic E-state index is 12.9. The van der Waals surface area contributed by atoms with E-state index in [0.29, 0.717) is 38.4 Å². The molecule has 160 valence electrons. The van der Waals surface area contributed by atoms with Crippen LogP contribution in [0, 0.1) is 0 Å². The number of nitrogens with zero attached hydrogens (tertiary/aromatic N) is 6. The highest BCUT2D eigenvalue weighted by Crippen LogP contribution is 2.31. The number of alkyl halides is 3. The van der Waals surface area contributed by atoms with Crippen LogP contribution in [0.1, 0.15) is 18.3 Å². The number of halogens is 4. The van der Waals surface area contributed by atoms with Crippen molar-refractivity contribution < 1.29 is 13.2 Å². The maximum absolute atomic E-state index is 12.9. The number of aryl methyl sites for hydroxylation is 1. The average Bonchev–Trinajstić information content (AvgIpc) is 3.16. The summed E-state index contributed by atoms with van der Waals surface area (Å²) in [5.74, 6) is 1.57. The molecule has 2 heterocycles. The molecule has 0 spiro atoms. The summed E-state index contributed by atoms with van der Waals surface area (Å²) in [5, 5.41) is 11.3. The van der Waals surface area contributed by atoms with Gasteiger partial charge in [-0.3, -0.25) is 4.99 Å². The van der Waals surface area contributed by atoms with E-state index in [9.17, 15) is 13.2 Å². The van der Waals surface area contributed by atoms with Crippen LogP contribution in [0.2, 0.25) is 0 Å². The first-order valence-electron chi connectivity index (χ1n) is 9.17. The van der Waals surface area contributed by atoms with Crippen molar-refractivity contribution in [3.8, 4) is 0 Å². The van der Waals surface area contributed by atoms with Gasteiger partial charge < -0.3 is 19.7 Å². The van der Waals surface area contributed by atoms with Crippen molar-refractivity contribution in [1.29, 1.82) is 0 Å². The zero-order valence-electron chi connectivity index (χ0n) is 16.4. The van der Waals surface area contributed by atoms with Gasteiger partial charge in [0.1, 0.15) is 6.33 Å². The smallest absolute Gasteiger partial charge is 0.368 e. The van der Waals surface area contributed by atoms with Gasteiger partial charge in [-0.25, -0.2) is 0 Å². The second-order valence-electron chi connectivity index (χ2n) is 6.46. The Bertz CT molecular complexity index is 814. The first-order valence-corrected chi connectivity index (χ1v) is 9.17. The highest BCUT2D eigenvalue weighted by atomic mass is 127. The van der Waals surface area contributed by atoms with Crippen molar-refractivity contribution in [2.24, 2.45) is 4.99 Å². The first-order chi connectivity index (χ1) is 13.4. The predicted molar refractivity (Wildman–Crippen MR) is 117 cm³/mol. The standard InChI is InChI=1S/C18H24F3N7.HI/c1-3-26-13-24-25-16(26)12-23-17(22-2)28-9-7-27(8-10-28)15-6-4-5-14(11-15)18(19,20)21;/h4-6,11,13H,3,7-10,12H2,1-2H3,(H,22,23);1H. The van der Waals surface area contributed by atoms with E-state index in [0.717, 1.165) is 24.4 Å². The summed E-state index contributed by atoms with van der Waals surface area (Å²) in [4.78, 5) is 8.38. The number of nitrogens with one attached hydrogen (secondary N) is 1. The summed E-state index contributed by atoms with van der Waals surface area (Å²) in [5.41, 5.74) is -0.0292. The average molecular weight is 523 g/mol. The van der Waals surface area contributed by atoms with E-state index in [1.165, 1.54) is 12.1 Å². The van der Waals surface area contributed by atoms with Crippen LogP contribution in [0.3, 0.4) is 0 Å². The van der Waals surface area contributed by atoms with Gasteiger partial charge in [-0.2, -0.15) is 13.2 Å². The minimum absolute atomic E-state index is 0. The zero-order valence-corrected chi connectivity index (χ0v) is 18.7. The zero-order chi connectivity index (χ0) is 20.1. The second-order valence-corrected chi connectivity index (χ2v) is 6.46. The van der Waals surface area contributed by atoms with Crippen molar-refractivity contribution in [2.45, 2.75) is 26.2 Å². The van der Waals surface area contributed by atoms with Crippen LogP contribution in [-0.4, -0.2) is 58.9 Å². The molecule has 3 rings (SSSR count). The Kier molecular flexibility index (Phi) is 8.11. The van der Waals surface area contributed by atoms with Crippen LogP contribution in [-0.2, 0) is 19.3 Å².